The summed E-state index contributed by atoms with van der Waals surface area (Å²) >= 11 is 9.90. The molecule has 2 heterocycles. The van der Waals surface area contributed by atoms with Crippen LogP contribution in [0.1, 0.15) is 16.7 Å². The van der Waals surface area contributed by atoms with E-state index in [0.717, 1.165) is 21.5 Å². The zero-order chi connectivity index (χ0) is 12.5. The molecular formula is C13H10BrClO3. The van der Waals surface area contributed by atoms with Crippen LogP contribution in [-0.4, -0.2) is 13.2 Å². The summed E-state index contributed by atoms with van der Waals surface area (Å²) in [4.78, 5) is 0. The highest BCUT2D eigenvalue weighted by Gasteiger charge is 2.21. The van der Waals surface area contributed by atoms with Gasteiger partial charge < -0.3 is 13.9 Å². The van der Waals surface area contributed by atoms with E-state index in [9.17, 15) is 0 Å². The van der Waals surface area contributed by atoms with E-state index < -0.39 is 0 Å². The van der Waals surface area contributed by atoms with Crippen molar-refractivity contribution in [2.75, 3.05) is 13.2 Å². The first-order valence-electron chi connectivity index (χ1n) is 5.52. The van der Waals surface area contributed by atoms with Gasteiger partial charge in [-0.2, -0.15) is 0 Å². The highest BCUT2D eigenvalue weighted by Crippen LogP contribution is 2.41. The fraction of sp³-hybridized carbons (Fsp3) is 0.231. The van der Waals surface area contributed by atoms with Gasteiger partial charge in [-0.1, -0.05) is 15.9 Å². The Kier molecular flexibility index (Phi) is 3.22. The lowest BCUT2D eigenvalue weighted by molar-refractivity contribution is 0.171. The molecule has 0 bridgehead atoms. The van der Waals surface area contributed by atoms with Gasteiger partial charge in [-0.25, -0.2) is 0 Å². The first kappa shape index (κ1) is 11.9. The van der Waals surface area contributed by atoms with Gasteiger partial charge in [0.25, 0.3) is 0 Å². The van der Waals surface area contributed by atoms with Gasteiger partial charge >= 0.3 is 0 Å². The highest BCUT2D eigenvalue weighted by molar-refractivity contribution is 9.10. The lowest BCUT2D eigenvalue weighted by atomic mass is 10.1. The van der Waals surface area contributed by atoms with Crippen molar-refractivity contribution in [3.63, 3.8) is 0 Å². The van der Waals surface area contributed by atoms with E-state index in [1.54, 1.807) is 6.26 Å². The molecule has 0 spiro atoms. The molecule has 2 aromatic rings. The van der Waals surface area contributed by atoms with Crippen LogP contribution >= 0.6 is 27.5 Å². The second kappa shape index (κ2) is 4.86. The Morgan fingerprint density at radius 1 is 1.17 bits per heavy atom. The lowest BCUT2D eigenvalue weighted by Crippen LogP contribution is -2.15. The van der Waals surface area contributed by atoms with E-state index in [2.05, 4.69) is 15.9 Å². The Labute approximate surface area is 118 Å². The van der Waals surface area contributed by atoms with E-state index in [1.165, 1.54) is 0 Å². The zero-order valence-corrected chi connectivity index (χ0v) is 11.7. The standard InChI is InChI=1S/C13H10BrClO3/c14-9-7-12-11(17-4-5-18-12)6-8(9)13(15)10-2-1-3-16-10/h1-3,6-7,13H,4-5H2. The Morgan fingerprint density at radius 3 is 2.56 bits per heavy atom. The minimum atomic E-state index is -0.356. The quantitative estimate of drug-likeness (QED) is 0.776. The summed E-state index contributed by atoms with van der Waals surface area (Å²) in [6, 6.07) is 7.43. The first-order chi connectivity index (χ1) is 8.75. The lowest BCUT2D eigenvalue weighted by Gasteiger charge is -2.20. The van der Waals surface area contributed by atoms with Gasteiger partial charge in [0.2, 0.25) is 0 Å². The van der Waals surface area contributed by atoms with Crippen molar-refractivity contribution in [3.05, 3.63) is 46.3 Å². The summed E-state index contributed by atoms with van der Waals surface area (Å²) in [5.74, 6) is 2.16. The minimum Gasteiger partial charge on any atom is -0.486 e. The monoisotopic (exact) mass is 328 g/mol. The molecule has 0 N–H and O–H groups in total. The predicted molar refractivity (Wildman–Crippen MR) is 71.5 cm³/mol. The molecule has 0 amide bonds. The van der Waals surface area contributed by atoms with Crippen LogP contribution in [0, 0.1) is 0 Å². The Balaban J connectivity index is 2.01. The van der Waals surface area contributed by atoms with Crippen molar-refractivity contribution in [2.45, 2.75) is 5.38 Å². The van der Waals surface area contributed by atoms with Crippen LogP contribution in [0.5, 0.6) is 11.5 Å². The van der Waals surface area contributed by atoms with Crippen molar-refractivity contribution in [1.82, 2.24) is 0 Å². The third-order valence-electron chi connectivity index (χ3n) is 2.73. The number of hydrogen-bond acceptors (Lipinski definition) is 3. The number of halogens is 2. The van der Waals surface area contributed by atoms with Crippen molar-refractivity contribution in [1.29, 1.82) is 0 Å². The van der Waals surface area contributed by atoms with Gasteiger partial charge in [-0.3, -0.25) is 0 Å². The van der Waals surface area contributed by atoms with Crippen molar-refractivity contribution < 1.29 is 13.9 Å². The second-order valence-electron chi connectivity index (χ2n) is 3.90. The predicted octanol–water partition coefficient (Wildman–Crippen LogP) is 4.14. The number of alkyl halides is 1. The van der Waals surface area contributed by atoms with Gasteiger partial charge in [0.15, 0.2) is 11.5 Å². The fourth-order valence-electron chi connectivity index (χ4n) is 1.86. The number of rotatable bonds is 2. The van der Waals surface area contributed by atoms with Crippen LogP contribution in [0.15, 0.2) is 39.4 Å². The normalized spacial score (nSPS) is 15.4. The molecule has 94 valence electrons. The Bertz CT molecular complexity index is 554. The van der Waals surface area contributed by atoms with Crippen molar-refractivity contribution >= 4 is 27.5 Å². The highest BCUT2D eigenvalue weighted by atomic mass is 79.9. The van der Waals surface area contributed by atoms with Crippen LogP contribution in [0.3, 0.4) is 0 Å². The summed E-state index contributed by atoms with van der Waals surface area (Å²) in [6.45, 7) is 1.13. The van der Waals surface area contributed by atoms with Gasteiger partial charge in [0.05, 0.1) is 6.26 Å². The number of furan rings is 1. The Hall–Kier alpha value is -1.13. The van der Waals surface area contributed by atoms with Crippen molar-refractivity contribution in [2.24, 2.45) is 0 Å². The molecule has 0 radical (unpaired) electrons. The molecule has 0 saturated heterocycles. The molecule has 0 fully saturated rings. The number of benzene rings is 1. The molecule has 1 aliphatic heterocycles. The Morgan fingerprint density at radius 2 is 1.89 bits per heavy atom. The van der Waals surface area contributed by atoms with Crippen molar-refractivity contribution in [3.8, 4) is 11.5 Å². The van der Waals surface area contributed by atoms with Gasteiger partial charge in [0, 0.05) is 4.47 Å². The summed E-state index contributed by atoms with van der Waals surface area (Å²) < 4.78 is 17.3. The summed E-state index contributed by atoms with van der Waals surface area (Å²) in [5.41, 5.74) is 0.899. The molecule has 0 aliphatic carbocycles. The molecule has 1 atom stereocenters. The SMILES string of the molecule is ClC(c1ccco1)c1cc2c(cc1Br)OCCO2. The number of hydrogen-bond donors (Lipinski definition) is 0. The first-order valence-corrected chi connectivity index (χ1v) is 6.75. The molecule has 3 rings (SSSR count). The largest absolute Gasteiger partial charge is 0.486 e. The third kappa shape index (κ3) is 2.10. The number of fused-ring (bicyclic) bond motifs is 1. The van der Waals surface area contributed by atoms with E-state index >= 15 is 0 Å². The van der Waals surface area contributed by atoms with E-state index in [0.29, 0.717) is 19.0 Å². The molecule has 3 nitrogen and oxygen atoms in total. The summed E-state index contributed by atoms with van der Waals surface area (Å²) in [7, 11) is 0. The topological polar surface area (TPSA) is 31.6 Å². The molecule has 1 aliphatic rings. The van der Waals surface area contributed by atoms with Crippen LogP contribution < -0.4 is 9.47 Å². The van der Waals surface area contributed by atoms with Gasteiger partial charge in [-0.05, 0) is 29.8 Å². The maximum Gasteiger partial charge on any atom is 0.162 e. The molecule has 0 saturated carbocycles. The zero-order valence-electron chi connectivity index (χ0n) is 9.36. The third-order valence-corrected chi connectivity index (χ3v) is 3.86. The molecule has 18 heavy (non-hydrogen) atoms. The molecule has 1 unspecified atom stereocenters. The smallest absolute Gasteiger partial charge is 0.162 e. The average molecular weight is 330 g/mol. The van der Waals surface area contributed by atoms with E-state index in [-0.39, 0.29) is 5.38 Å². The average Bonchev–Trinajstić information content (AvgIpc) is 2.91. The molecular weight excluding hydrogens is 319 g/mol. The van der Waals surface area contributed by atoms with Gasteiger partial charge in [-0.15, -0.1) is 11.6 Å². The van der Waals surface area contributed by atoms with Crippen LogP contribution in [-0.2, 0) is 0 Å². The van der Waals surface area contributed by atoms with Crippen LogP contribution in [0.2, 0.25) is 0 Å². The van der Waals surface area contributed by atoms with E-state index in [4.69, 9.17) is 25.5 Å². The number of ether oxygens (including phenoxy) is 2. The van der Waals surface area contributed by atoms with Crippen LogP contribution in [0.4, 0.5) is 0 Å². The molecule has 1 aromatic heterocycles. The van der Waals surface area contributed by atoms with Gasteiger partial charge in [0.1, 0.15) is 24.4 Å². The fourth-order valence-corrected chi connectivity index (χ4v) is 2.85. The summed E-state index contributed by atoms with van der Waals surface area (Å²) in [5, 5.41) is -0.356. The maximum absolute atomic E-state index is 6.40. The van der Waals surface area contributed by atoms with E-state index in [1.807, 2.05) is 24.3 Å². The summed E-state index contributed by atoms with van der Waals surface area (Å²) in [6.07, 6.45) is 1.61. The minimum absolute atomic E-state index is 0.356. The maximum atomic E-state index is 6.40. The molecule has 5 heteroatoms. The van der Waals surface area contributed by atoms with Crippen LogP contribution in [0.25, 0.3) is 0 Å². The second-order valence-corrected chi connectivity index (χ2v) is 5.19. The molecule has 1 aromatic carbocycles.